The Bertz CT molecular complexity index is 992. The zero-order chi connectivity index (χ0) is 22.3. The maximum absolute atomic E-state index is 13.4. The van der Waals surface area contributed by atoms with Crippen molar-refractivity contribution in [3.63, 3.8) is 0 Å². The standard InChI is InChI=1S/C27H28N2O2S/c1-26(2)22(18-30)29-24(31)23(25(29)32-26)28-27(19-12-6-3-7-13-19,20-14-8-4-9-15-20)21-16-10-5-11-17-21/h3-17,22-23,25,28,30H,18H2,1-2H3. The van der Waals surface area contributed by atoms with Gasteiger partial charge in [-0.3, -0.25) is 10.1 Å². The first-order valence-electron chi connectivity index (χ1n) is 11.0. The lowest BCUT2D eigenvalue weighted by Gasteiger charge is -2.49. The third-order valence-electron chi connectivity index (χ3n) is 6.81. The molecule has 1 amide bonds. The summed E-state index contributed by atoms with van der Waals surface area (Å²) in [5, 5.41) is 13.8. The maximum Gasteiger partial charge on any atom is 0.244 e. The van der Waals surface area contributed by atoms with Crippen molar-refractivity contribution >= 4 is 17.7 Å². The summed E-state index contributed by atoms with van der Waals surface area (Å²) in [5.74, 6) is 0.0549. The van der Waals surface area contributed by atoms with E-state index in [1.165, 1.54) is 0 Å². The molecule has 3 aromatic rings. The monoisotopic (exact) mass is 444 g/mol. The van der Waals surface area contributed by atoms with E-state index in [2.05, 4.69) is 55.6 Å². The van der Waals surface area contributed by atoms with Crippen molar-refractivity contribution in [1.29, 1.82) is 0 Å². The fourth-order valence-corrected chi connectivity index (χ4v) is 6.81. The van der Waals surface area contributed by atoms with Gasteiger partial charge in [0.1, 0.15) is 11.4 Å². The largest absolute Gasteiger partial charge is 0.394 e. The van der Waals surface area contributed by atoms with Gasteiger partial charge >= 0.3 is 0 Å². The Labute approximate surface area is 193 Å². The number of rotatable bonds is 6. The number of aliphatic hydroxyl groups excluding tert-OH is 1. The Kier molecular flexibility index (Phi) is 5.36. The highest BCUT2D eigenvalue weighted by Gasteiger charge is 2.62. The molecule has 3 unspecified atom stereocenters. The van der Waals surface area contributed by atoms with Crippen LogP contribution >= 0.6 is 11.8 Å². The number of hydrogen-bond acceptors (Lipinski definition) is 4. The second-order valence-electron chi connectivity index (χ2n) is 9.03. The quantitative estimate of drug-likeness (QED) is 0.446. The van der Waals surface area contributed by atoms with E-state index in [1.807, 2.05) is 59.5 Å². The molecule has 2 saturated heterocycles. The van der Waals surface area contributed by atoms with E-state index in [9.17, 15) is 9.90 Å². The second kappa shape index (κ2) is 8.07. The van der Waals surface area contributed by atoms with E-state index in [0.29, 0.717) is 0 Å². The summed E-state index contributed by atoms with van der Waals surface area (Å²) in [6.45, 7) is 4.20. The minimum absolute atomic E-state index is 0.00911. The van der Waals surface area contributed by atoms with Gasteiger partial charge in [-0.2, -0.15) is 0 Å². The van der Waals surface area contributed by atoms with E-state index < -0.39 is 5.54 Å². The van der Waals surface area contributed by atoms with Gasteiger partial charge in [0.2, 0.25) is 5.91 Å². The number of β-lactam (4-membered cyclic amide) rings is 1. The number of aliphatic hydroxyl groups is 1. The lowest BCUT2D eigenvalue weighted by Crippen LogP contribution is -2.72. The van der Waals surface area contributed by atoms with Crippen LogP contribution in [0.15, 0.2) is 91.0 Å². The number of fused-ring (bicyclic) bond motifs is 1. The number of amides is 1. The molecule has 5 heteroatoms. The van der Waals surface area contributed by atoms with E-state index in [0.717, 1.165) is 16.7 Å². The van der Waals surface area contributed by atoms with Crippen LogP contribution in [0, 0.1) is 0 Å². The number of benzene rings is 3. The summed E-state index contributed by atoms with van der Waals surface area (Å²) in [5.41, 5.74) is 2.58. The summed E-state index contributed by atoms with van der Waals surface area (Å²) in [6, 6.07) is 30.5. The van der Waals surface area contributed by atoms with Gasteiger partial charge in [-0.1, -0.05) is 91.0 Å². The molecule has 3 atom stereocenters. The SMILES string of the molecule is CC1(C)SC2C(NC(c3ccccc3)(c3ccccc3)c3ccccc3)C(=O)N2C1CO. The molecule has 4 nitrogen and oxygen atoms in total. The molecule has 0 saturated carbocycles. The summed E-state index contributed by atoms with van der Waals surface area (Å²) in [7, 11) is 0. The smallest absolute Gasteiger partial charge is 0.244 e. The highest BCUT2D eigenvalue weighted by Crippen LogP contribution is 2.52. The molecule has 0 spiro atoms. The lowest BCUT2D eigenvalue weighted by molar-refractivity contribution is -0.151. The van der Waals surface area contributed by atoms with E-state index in [-0.39, 0.29) is 34.7 Å². The van der Waals surface area contributed by atoms with Crippen LogP contribution in [0.5, 0.6) is 0 Å². The molecule has 2 aliphatic heterocycles. The first kappa shape index (κ1) is 21.3. The van der Waals surface area contributed by atoms with Gasteiger partial charge in [0.15, 0.2) is 0 Å². The van der Waals surface area contributed by atoms with Gasteiger partial charge < -0.3 is 10.0 Å². The number of nitrogens with one attached hydrogen (secondary N) is 1. The van der Waals surface area contributed by atoms with Crippen molar-refractivity contribution in [2.75, 3.05) is 6.61 Å². The number of carbonyl (C=O) groups excluding carboxylic acids is 1. The lowest BCUT2D eigenvalue weighted by atomic mass is 9.76. The van der Waals surface area contributed by atoms with E-state index >= 15 is 0 Å². The third-order valence-corrected chi connectivity index (χ3v) is 8.43. The van der Waals surface area contributed by atoms with Gasteiger partial charge in [-0.05, 0) is 30.5 Å². The molecular weight excluding hydrogens is 416 g/mol. The molecule has 164 valence electrons. The predicted octanol–water partition coefficient (Wildman–Crippen LogP) is 3.99. The zero-order valence-corrected chi connectivity index (χ0v) is 19.1. The average Bonchev–Trinajstić information content (AvgIpc) is 3.08. The van der Waals surface area contributed by atoms with Crippen LogP contribution in [0.3, 0.4) is 0 Å². The second-order valence-corrected chi connectivity index (χ2v) is 10.8. The van der Waals surface area contributed by atoms with Crippen LogP contribution < -0.4 is 5.32 Å². The first-order valence-corrected chi connectivity index (χ1v) is 11.9. The van der Waals surface area contributed by atoms with E-state index in [4.69, 9.17) is 0 Å². The van der Waals surface area contributed by atoms with E-state index in [1.54, 1.807) is 11.8 Å². The molecule has 0 aliphatic carbocycles. The molecule has 0 radical (unpaired) electrons. The van der Waals surface area contributed by atoms with Crippen LogP contribution in [-0.2, 0) is 10.3 Å². The number of nitrogens with zero attached hydrogens (tertiary/aromatic N) is 1. The van der Waals surface area contributed by atoms with Gasteiger partial charge in [-0.15, -0.1) is 11.8 Å². The normalized spacial score (nSPS) is 24.2. The molecule has 5 rings (SSSR count). The van der Waals surface area contributed by atoms with Crippen molar-refractivity contribution in [3.8, 4) is 0 Å². The highest BCUT2D eigenvalue weighted by atomic mass is 32.2. The minimum atomic E-state index is -0.682. The van der Waals surface area contributed by atoms with Crippen molar-refractivity contribution in [3.05, 3.63) is 108 Å². The fourth-order valence-electron chi connectivity index (χ4n) is 5.16. The molecule has 0 bridgehead atoms. The Balaban J connectivity index is 1.64. The van der Waals surface area contributed by atoms with Crippen LogP contribution in [-0.4, -0.2) is 44.7 Å². The van der Waals surface area contributed by atoms with Crippen molar-refractivity contribution < 1.29 is 9.90 Å². The summed E-state index contributed by atoms with van der Waals surface area (Å²) >= 11 is 1.77. The Morgan fingerprint density at radius 2 is 1.31 bits per heavy atom. The molecule has 2 N–H and O–H groups in total. The molecular formula is C27H28N2O2S. The average molecular weight is 445 g/mol. The minimum Gasteiger partial charge on any atom is -0.394 e. The van der Waals surface area contributed by atoms with Crippen LogP contribution in [0.2, 0.25) is 0 Å². The van der Waals surface area contributed by atoms with Crippen LogP contribution in [0.4, 0.5) is 0 Å². The van der Waals surface area contributed by atoms with Gasteiger partial charge in [0.05, 0.1) is 18.2 Å². The van der Waals surface area contributed by atoms with Crippen molar-refractivity contribution in [2.24, 2.45) is 0 Å². The Hall–Kier alpha value is -2.60. The van der Waals surface area contributed by atoms with Crippen LogP contribution in [0.25, 0.3) is 0 Å². The highest BCUT2D eigenvalue weighted by molar-refractivity contribution is 8.01. The van der Waals surface area contributed by atoms with Crippen molar-refractivity contribution in [1.82, 2.24) is 10.2 Å². The van der Waals surface area contributed by atoms with Crippen molar-refractivity contribution in [2.45, 2.75) is 41.6 Å². The zero-order valence-electron chi connectivity index (χ0n) is 18.3. The molecule has 2 aliphatic rings. The summed E-state index contributed by atoms with van der Waals surface area (Å²) in [4.78, 5) is 15.3. The number of carbonyl (C=O) groups is 1. The fraction of sp³-hybridized carbons (Fsp3) is 0.296. The topological polar surface area (TPSA) is 52.6 Å². The Morgan fingerprint density at radius 1 is 0.875 bits per heavy atom. The third kappa shape index (κ3) is 3.19. The molecule has 0 aromatic heterocycles. The maximum atomic E-state index is 13.4. The first-order chi connectivity index (χ1) is 15.5. The molecule has 3 aromatic carbocycles. The Morgan fingerprint density at radius 3 is 1.72 bits per heavy atom. The summed E-state index contributed by atoms with van der Waals surface area (Å²) in [6.07, 6.45) is 0. The number of thioether (sulfide) groups is 1. The molecule has 2 heterocycles. The summed E-state index contributed by atoms with van der Waals surface area (Å²) < 4.78 is -0.194. The predicted molar refractivity (Wildman–Crippen MR) is 129 cm³/mol. The van der Waals surface area contributed by atoms with Gasteiger partial charge in [0, 0.05) is 4.75 Å². The van der Waals surface area contributed by atoms with Gasteiger partial charge in [-0.25, -0.2) is 0 Å². The van der Waals surface area contributed by atoms with Crippen LogP contribution in [0.1, 0.15) is 30.5 Å². The number of hydrogen-bond donors (Lipinski definition) is 2. The molecule has 2 fully saturated rings. The van der Waals surface area contributed by atoms with Gasteiger partial charge in [0.25, 0.3) is 0 Å². The molecule has 32 heavy (non-hydrogen) atoms.